The Morgan fingerprint density at radius 3 is 2.41 bits per heavy atom. The fraction of sp³-hybridized carbons (Fsp3) is 0.273. The Morgan fingerprint density at radius 2 is 1.76 bits per heavy atom. The van der Waals surface area contributed by atoms with Crippen LogP contribution in [0.1, 0.15) is 28.8 Å². The van der Waals surface area contributed by atoms with Gasteiger partial charge in [0.1, 0.15) is 0 Å². The molecule has 0 fully saturated rings. The van der Waals surface area contributed by atoms with Crippen molar-refractivity contribution in [1.29, 1.82) is 0 Å². The number of nitrogens with one attached hydrogen (secondary N) is 1. The van der Waals surface area contributed by atoms with Crippen molar-refractivity contribution in [2.45, 2.75) is 32.4 Å². The highest BCUT2D eigenvalue weighted by Crippen LogP contribution is 2.29. The second kappa shape index (κ2) is 8.94. The van der Waals surface area contributed by atoms with Crippen LogP contribution in [-0.2, 0) is 23.8 Å². The zero-order valence-electron chi connectivity index (χ0n) is 16.0. The number of aryl methyl sites for hydroxylation is 2. The Bertz CT molecular complexity index is 948. The molecular formula is C22H22F3N3O. The molecule has 1 N–H and O–H groups in total. The molecule has 0 aliphatic heterocycles. The van der Waals surface area contributed by atoms with Crippen LogP contribution < -0.4 is 5.32 Å². The Morgan fingerprint density at radius 1 is 1.07 bits per heavy atom. The van der Waals surface area contributed by atoms with Gasteiger partial charge in [-0.3, -0.25) is 4.79 Å². The summed E-state index contributed by atoms with van der Waals surface area (Å²) in [7, 11) is 0. The van der Waals surface area contributed by atoms with Crippen LogP contribution in [0.15, 0.2) is 60.8 Å². The Balaban J connectivity index is 1.45. The van der Waals surface area contributed by atoms with E-state index in [-0.39, 0.29) is 12.3 Å². The molecule has 0 atom stereocenters. The Hall–Kier alpha value is -3.09. The van der Waals surface area contributed by atoms with Gasteiger partial charge in [0.05, 0.1) is 23.4 Å². The third-order valence-corrected chi connectivity index (χ3v) is 4.61. The molecule has 1 amide bonds. The van der Waals surface area contributed by atoms with Crippen LogP contribution in [0.4, 0.5) is 13.2 Å². The minimum absolute atomic E-state index is 0.0586. The quantitative estimate of drug-likeness (QED) is 0.593. The summed E-state index contributed by atoms with van der Waals surface area (Å²) in [5, 5.41) is 7.34. The summed E-state index contributed by atoms with van der Waals surface area (Å²) in [4.78, 5) is 12.0. The third kappa shape index (κ3) is 5.70. The van der Waals surface area contributed by atoms with Crippen LogP contribution in [-0.4, -0.2) is 22.2 Å². The molecule has 0 bridgehead atoms. The van der Waals surface area contributed by atoms with Crippen molar-refractivity contribution in [3.8, 4) is 5.69 Å². The number of amides is 1. The van der Waals surface area contributed by atoms with Gasteiger partial charge in [0.15, 0.2) is 0 Å². The first kappa shape index (κ1) is 20.6. The van der Waals surface area contributed by atoms with Crippen molar-refractivity contribution < 1.29 is 18.0 Å². The van der Waals surface area contributed by atoms with Crippen LogP contribution in [0.5, 0.6) is 0 Å². The van der Waals surface area contributed by atoms with Gasteiger partial charge in [-0.2, -0.15) is 18.3 Å². The lowest BCUT2D eigenvalue weighted by atomic mass is 10.1. The second-order valence-electron chi connectivity index (χ2n) is 6.84. The molecule has 3 aromatic rings. The van der Waals surface area contributed by atoms with Crippen molar-refractivity contribution >= 4 is 5.91 Å². The third-order valence-electron chi connectivity index (χ3n) is 4.61. The largest absolute Gasteiger partial charge is 0.416 e. The molecule has 4 nitrogen and oxygen atoms in total. The molecule has 0 unspecified atom stereocenters. The SMILES string of the molecule is Cc1nn(-c2ccccc2)cc1CCCNC(=O)Cc1ccc(C(F)(F)F)cc1. The number of hydrogen-bond donors (Lipinski definition) is 1. The van der Waals surface area contributed by atoms with E-state index in [1.54, 1.807) is 0 Å². The molecule has 29 heavy (non-hydrogen) atoms. The van der Waals surface area contributed by atoms with E-state index in [4.69, 9.17) is 0 Å². The second-order valence-corrected chi connectivity index (χ2v) is 6.84. The summed E-state index contributed by atoms with van der Waals surface area (Å²) in [5.41, 5.74) is 2.89. The number of rotatable bonds is 7. The monoisotopic (exact) mass is 401 g/mol. The standard InChI is InChI=1S/C22H22F3N3O/c1-16-18(15-28(27-16)20-7-3-2-4-8-20)6-5-13-26-21(29)14-17-9-11-19(12-10-17)22(23,24)25/h2-4,7-12,15H,5-6,13-14H2,1H3,(H,26,29). The van der Waals surface area contributed by atoms with Gasteiger partial charge < -0.3 is 5.32 Å². The van der Waals surface area contributed by atoms with E-state index in [0.29, 0.717) is 12.1 Å². The lowest BCUT2D eigenvalue weighted by molar-refractivity contribution is -0.137. The van der Waals surface area contributed by atoms with E-state index in [1.807, 2.05) is 48.1 Å². The van der Waals surface area contributed by atoms with Gasteiger partial charge in [0.2, 0.25) is 5.91 Å². The molecule has 0 aliphatic carbocycles. The van der Waals surface area contributed by atoms with Gasteiger partial charge in [-0.25, -0.2) is 4.68 Å². The van der Waals surface area contributed by atoms with E-state index in [1.165, 1.54) is 12.1 Å². The summed E-state index contributed by atoms with van der Waals surface area (Å²) in [6, 6.07) is 14.5. The van der Waals surface area contributed by atoms with Crippen LogP contribution >= 0.6 is 0 Å². The van der Waals surface area contributed by atoms with Crippen molar-refractivity contribution in [3.63, 3.8) is 0 Å². The van der Waals surface area contributed by atoms with Gasteiger partial charge in [-0.15, -0.1) is 0 Å². The van der Waals surface area contributed by atoms with Gasteiger partial charge in [0.25, 0.3) is 0 Å². The highest BCUT2D eigenvalue weighted by atomic mass is 19.4. The first-order chi connectivity index (χ1) is 13.8. The van der Waals surface area contributed by atoms with Crippen LogP contribution in [0, 0.1) is 6.92 Å². The van der Waals surface area contributed by atoms with Crippen LogP contribution in [0.2, 0.25) is 0 Å². The van der Waals surface area contributed by atoms with E-state index >= 15 is 0 Å². The average molecular weight is 401 g/mol. The number of benzene rings is 2. The number of aromatic nitrogens is 2. The maximum atomic E-state index is 12.6. The first-order valence-corrected chi connectivity index (χ1v) is 9.36. The normalized spacial score (nSPS) is 11.4. The molecule has 7 heteroatoms. The molecule has 0 spiro atoms. The van der Waals surface area contributed by atoms with Gasteiger partial charge in [0, 0.05) is 12.7 Å². The molecule has 3 rings (SSSR count). The number of alkyl halides is 3. The van der Waals surface area contributed by atoms with E-state index in [0.717, 1.165) is 41.9 Å². The minimum atomic E-state index is -4.37. The van der Waals surface area contributed by atoms with Crippen molar-refractivity contribution in [1.82, 2.24) is 15.1 Å². The highest BCUT2D eigenvalue weighted by molar-refractivity contribution is 5.78. The van der Waals surface area contributed by atoms with Gasteiger partial charge in [-0.1, -0.05) is 30.3 Å². The molecule has 1 aromatic heterocycles. The smallest absolute Gasteiger partial charge is 0.356 e. The summed E-state index contributed by atoms with van der Waals surface area (Å²) in [5.74, 6) is -0.207. The number of para-hydroxylation sites is 1. The molecular weight excluding hydrogens is 379 g/mol. The first-order valence-electron chi connectivity index (χ1n) is 9.36. The predicted octanol–water partition coefficient (Wildman–Crippen LogP) is 4.49. The molecule has 0 aliphatic rings. The number of halogens is 3. The average Bonchev–Trinajstić information content (AvgIpc) is 3.06. The Kier molecular flexibility index (Phi) is 6.36. The van der Waals surface area contributed by atoms with E-state index in [9.17, 15) is 18.0 Å². The minimum Gasteiger partial charge on any atom is -0.356 e. The summed E-state index contributed by atoms with van der Waals surface area (Å²) in [6.45, 7) is 2.45. The summed E-state index contributed by atoms with van der Waals surface area (Å²) in [6.07, 6.45) is -0.787. The summed E-state index contributed by atoms with van der Waals surface area (Å²) < 4.78 is 39.5. The number of hydrogen-bond acceptors (Lipinski definition) is 2. The Labute approximate surface area is 167 Å². The lowest BCUT2D eigenvalue weighted by Crippen LogP contribution is -2.26. The highest BCUT2D eigenvalue weighted by Gasteiger charge is 2.29. The number of nitrogens with zero attached hydrogens (tertiary/aromatic N) is 2. The number of carbonyl (C=O) groups excluding carboxylic acids is 1. The van der Waals surface area contributed by atoms with Crippen LogP contribution in [0.25, 0.3) is 5.69 Å². The van der Waals surface area contributed by atoms with Crippen molar-refractivity contribution in [2.75, 3.05) is 6.54 Å². The maximum absolute atomic E-state index is 12.6. The molecule has 152 valence electrons. The fourth-order valence-electron chi connectivity index (χ4n) is 3.02. The lowest BCUT2D eigenvalue weighted by Gasteiger charge is -2.08. The molecule has 1 heterocycles. The summed E-state index contributed by atoms with van der Waals surface area (Å²) >= 11 is 0. The predicted molar refractivity (Wildman–Crippen MR) is 105 cm³/mol. The zero-order chi connectivity index (χ0) is 20.9. The van der Waals surface area contributed by atoms with E-state index < -0.39 is 11.7 Å². The molecule has 0 saturated carbocycles. The van der Waals surface area contributed by atoms with Gasteiger partial charge >= 0.3 is 6.18 Å². The van der Waals surface area contributed by atoms with Crippen molar-refractivity contribution in [2.24, 2.45) is 0 Å². The molecule has 2 aromatic carbocycles. The van der Waals surface area contributed by atoms with E-state index in [2.05, 4.69) is 10.4 Å². The fourth-order valence-corrected chi connectivity index (χ4v) is 3.02. The van der Waals surface area contributed by atoms with Gasteiger partial charge in [-0.05, 0) is 55.2 Å². The topological polar surface area (TPSA) is 46.9 Å². The van der Waals surface area contributed by atoms with Crippen molar-refractivity contribution in [3.05, 3.63) is 83.2 Å². The molecule has 0 radical (unpaired) electrons. The van der Waals surface area contributed by atoms with Crippen LogP contribution in [0.3, 0.4) is 0 Å². The number of carbonyl (C=O) groups is 1. The zero-order valence-corrected chi connectivity index (χ0v) is 16.0. The molecule has 0 saturated heterocycles. The maximum Gasteiger partial charge on any atom is 0.416 e.